The highest BCUT2D eigenvalue weighted by Gasteiger charge is 2.14. The minimum absolute atomic E-state index is 0.137. The van der Waals surface area contributed by atoms with Gasteiger partial charge in [-0.05, 0) is 35.9 Å². The number of rotatable bonds is 7. The van der Waals surface area contributed by atoms with E-state index in [2.05, 4.69) is 10.2 Å². The van der Waals surface area contributed by atoms with E-state index in [0.717, 1.165) is 5.56 Å². The van der Waals surface area contributed by atoms with Gasteiger partial charge in [-0.1, -0.05) is 36.4 Å². The van der Waals surface area contributed by atoms with Crippen LogP contribution in [0.4, 0.5) is 0 Å². The number of ether oxygens (including phenoxy) is 2. The van der Waals surface area contributed by atoms with Gasteiger partial charge in [0.05, 0.1) is 11.8 Å². The van der Waals surface area contributed by atoms with Crippen molar-refractivity contribution in [2.24, 2.45) is 0 Å². The van der Waals surface area contributed by atoms with Gasteiger partial charge in [-0.2, -0.15) is 0 Å². The Morgan fingerprint density at radius 3 is 2.64 bits per heavy atom. The van der Waals surface area contributed by atoms with E-state index >= 15 is 0 Å². The molecule has 0 atom stereocenters. The first-order valence-electron chi connectivity index (χ1n) is 8.58. The molecule has 4 rings (SSSR count). The molecule has 0 amide bonds. The Kier molecular flexibility index (Phi) is 5.15. The van der Waals surface area contributed by atoms with Crippen LogP contribution in [0.3, 0.4) is 0 Å². The van der Waals surface area contributed by atoms with Crippen LogP contribution >= 0.6 is 0 Å². The number of hydrogen-bond donors (Lipinski definition) is 0. The molecule has 0 radical (unpaired) electrons. The number of carbonyl (C=O) groups excluding carboxylic acids is 1. The van der Waals surface area contributed by atoms with Crippen molar-refractivity contribution in [3.8, 4) is 17.4 Å². The summed E-state index contributed by atoms with van der Waals surface area (Å²) in [6.45, 7) is 0.276. The lowest BCUT2D eigenvalue weighted by atomic mass is 10.2. The highest BCUT2D eigenvalue weighted by atomic mass is 16.5. The Balaban J connectivity index is 1.34. The van der Waals surface area contributed by atoms with Crippen molar-refractivity contribution < 1.29 is 23.1 Å². The average Bonchev–Trinajstić information content (AvgIpc) is 3.43. The monoisotopic (exact) mass is 376 g/mol. The number of carbonyl (C=O) groups is 1. The van der Waals surface area contributed by atoms with Gasteiger partial charge in [0.1, 0.15) is 12.4 Å². The molecule has 0 aliphatic carbocycles. The van der Waals surface area contributed by atoms with E-state index in [4.69, 9.17) is 18.3 Å². The fourth-order valence-corrected chi connectivity index (χ4v) is 2.48. The van der Waals surface area contributed by atoms with Crippen LogP contribution in [0.5, 0.6) is 5.75 Å². The average molecular weight is 376 g/mol. The molecule has 0 saturated carbocycles. The summed E-state index contributed by atoms with van der Waals surface area (Å²) in [6.07, 6.45) is 1.51. The van der Waals surface area contributed by atoms with E-state index in [1.54, 1.807) is 36.4 Å². The van der Waals surface area contributed by atoms with Crippen molar-refractivity contribution in [3.63, 3.8) is 0 Å². The second-order valence-corrected chi connectivity index (χ2v) is 5.86. The maximum Gasteiger partial charge on any atom is 0.338 e. The smallest absolute Gasteiger partial charge is 0.338 e. The fourth-order valence-electron chi connectivity index (χ4n) is 2.48. The minimum Gasteiger partial charge on any atom is -0.489 e. The van der Waals surface area contributed by atoms with Crippen LogP contribution in [0.1, 0.15) is 21.8 Å². The standard InChI is InChI=1S/C21H16N2O5/c24-21(27-14-19-22-23-20(28-19)18-10-5-11-25-18)16-8-4-9-17(12-16)26-13-15-6-2-1-3-7-15/h1-12H,13-14H2. The molecule has 7 heteroatoms. The van der Waals surface area contributed by atoms with Crippen molar-refractivity contribution in [1.82, 2.24) is 10.2 Å². The van der Waals surface area contributed by atoms with E-state index in [0.29, 0.717) is 23.7 Å². The Hall–Kier alpha value is -3.87. The summed E-state index contributed by atoms with van der Waals surface area (Å²) in [5.41, 5.74) is 1.41. The molecular weight excluding hydrogens is 360 g/mol. The van der Waals surface area contributed by atoms with E-state index in [1.165, 1.54) is 6.26 Å². The predicted octanol–water partition coefficient (Wildman–Crippen LogP) is 4.27. The number of furan rings is 1. The maximum absolute atomic E-state index is 12.3. The van der Waals surface area contributed by atoms with E-state index in [-0.39, 0.29) is 18.4 Å². The zero-order valence-corrected chi connectivity index (χ0v) is 14.8. The van der Waals surface area contributed by atoms with Gasteiger partial charge in [0.2, 0.25) is 0 Å². The molecule has 0 N–H and O–H groups in total. The maximum atomic E-state index is 12.3. The Bertz CT molecular complexity index is 1040. The van der Waals surface area contributed by atoms with E-state index in [1.807, 2.05) is 30.3 Å². The summed E-state index contributed by atoms with van der Waals surface area (Å²) in [6, 6.07) is 20.0. The first kappa shape index (κ1) is 17.5. The lowest BCUT2D eigenvalue weighted by Gasteiger charge is -2.08. The normalized spacial score (nSPS) is 10.6. The van der Waals surface area contributed by atoms with E-state index < -0.39 is 5.97 Å². The van der Waals surface area contributed by atoms with Crippen LogP contribution in [0.2, 0.25) is 0 Å². The van der Waals surface area contributed by atoms with Crippen molar-refractivity contribution in [2.45, 2.75) is 13.2 Å². The molecule has 0 aliphatic heterocycles. The summed E-state index contributed by atoms with van der Waals surface area (Å²) < 4.78 is 21.6. The molecular formula is C21H16N2O5. The van der Waals surface area contributed by atoms with Gasteiger partial charge >= 0.3 is 5.97 Å². The fraction of sp³-hybridized carbons (Fsp3) is 0.0952. The van der Waals surface area contributed by atoms with Crippen molar-refractivity contribution in [3.05, 3.63) is 90.0 Å². The van der Waals surface area contributed by atoms with Crippen LogP contribution in [-0.2, 0) is 18.0 Å². The molecule has 0 spiro atoms. The third kappa shape index (κ3) is 4.27. The van der Waals surface area contributed by atoms with Gasteiger partial charge in [0.25, 0.3) is 11.8 Å². The molecule has 2 aromatic heterocycles. The first-order chi connectivity index (χ1) is 13.8. The Labute approximate surface area is 160 Å². The lowest BCUT2D eigenvalue weighted by molar-refractivity contribution is 0.0438. The second kappa shape index (κ2) is 8.22. The summed E-state index contributed by atoms with van der Waals surface area (Å²) >= 11 is 0. The molecule has 0 aliphatic rings. The SMILES string of the molecule is O=C(OCc1nnc(-c2ccco2)o1)c1cccc(OCc2ccccc2)c1. The van der Waals surface area contributed by atoms with Gasteiger partial charge in [-0.25, -0.2) is 4.79 Å². The Morgan fingerprint density at radius 1 is 0.929 bits per heavy atom. The van der Waals surface area contributed by atoms with Gasteiger partial charge < -0.3 is 18.3 Å². The molecule has 0 bridgehead atoms. The third-order valence-electron chi connectivity index (χ3n) is 3.84. The lowest BCUT2D eigenvalue weighted by Crippen LogP contribution is -2.06. The number of hydrogen-bond acceptors (Lipinski definition) is 7. The van der Waals surface area contributed by atoms with Crippen molar-refractivity contribution in [2.75, 3.05) is 0 Å². The van der Waals surface area contributed by atoms with Crippen LogP contribution in [0.15, 0.2) is 81.8 Å². The predicted molar refractivity (Wildman–Crippen MR) is 98.3 cm³/mol. The quantitative estimate of drug-likeness (QED) is 0.445. The van der Waals surface area contributed by atoms with Gasteiger partial charge in [-0.3, -0.25) is 0 Å². The summed E-state index contributed by atoms with van der Waals surface area (Å²) in [4.78, 5) is 12.3. The van der Waals surface area contributed by atoms with Gasteiger partial charge in [0, 0.05) is 0 Å². The zero-order valence-electron chi connectivity index (χ0n) is 14.8. The number of benzene rings is 2. The number of esters is 1. The molecule has 0 unspecified atom stereocenters. The van der Waals surface area contributed by atoms with Crippen LogP contribution in [-0.4, -0.2) is 16.2 Å². The molecule has 2 aromatic carbocycles. The molecule has 0 fully saturated rings. The second-order valence-electron chi connectivity index (χ2n) is 5.86. The van der Waals surface area contributed by atoms with Crippen LogP contribution in [0.25, 0.3) is 11.7 Å². The minimum atomic E-state index is -0.511. The third-order valence-corrected chi connectivity index (χ3v) is 3.84. The zero-order chi connectivity index (χ0) is 19.2. The summed E-state index contributed by atoms with van der Waals surface area (Å²) in [7, 11) is 0. The van der Waals surface area contributed by atoms with Gasteiger partial charge in [0.15, 0.2) is 12.4 Å². The molecule has 0 saturated heterocycles. The van der Waals surface area contributed by atoms with Crippen molar-refractivity contribution in [1.29, 1.82) is 0 Å². The van der Waals surface area contributed by atoms with Crippen LogP contribution in [0, 0.1) is 0 Å². The molecule has 28 heavy (non-hydrogen) atoms. The number of nitrogens with zero attached hydrogens (tertiary/aromatic N) is 2. The molecule has 140 valence electrons. The topological polar surface area (TPSA) is 87.6 Å². The van der Waals surface area contributed by atoms with Crippen molar-refractivity contribution >= 4 is 5.97 Å². The summed E-state index contributed by atoms with van der Waals surface area (Å²) in [5, 5.41) is 7.69. The van der Waals surface area contributed by atoms with Gasteiger partial charge in [-0.15, -0.1) is 10.2 Å². The van der Waals surface area contributed by atoms with Crippen LogP contribution < -0.4 is 4.74 Å². The molecule has 2 heterocycles. The molecule has 7 nitrogen and oxygen atoms in total. The first-order valence-corrected chi connectivity index (χ1v) is 8.58. The highest BCUT2D eigenvalue weighted by Crippen LogP contribution is 2.19. The Morgan fingerprint density at radius 2 is 1.82 bits per heavy atom. The largest absolute Gasteiger partial charge is 0.489 e. The molecule has 4 aromatic rings. The highest BCUT2D eigenvalue weighted by molar-refractivity contribution is 5.89. The summed E-state index contributed by atoms with van der Waals surface area (Å²) in [5.74, 6) is 0.927. The number of aromatic nitrogens is 2. The van der Waals surface area contributed by atoms with E-state index in [9.17, 15) is 4.79 Å².